The molecule has 0 spiro atoms. The van der Waals surface area contributed by atoms with Crippen LogP contribution >= 0.6 is 0 Å². The number of carbonyl (C=O) groups is 1. The highest BCUT2D eigenvalue weighted by Gasteiger charge is 2.34. The third-order valence-corrected chi connectivity index (χ3v) is 5.67. The number of ether oxygens (including phenoxy) is 2. The summed E-state index contributed by atoms with van der Waals surface area (Å²) < 4.78 is 36.3. The van der Waals surface area contributed by atoms with Crippen molar-refractivity contribution in [1.29, 1.82) is 0 Å². The molecule has 0 aliphatic carbocycles. The first-order valence-electron chi connectivity index (χ1n) is 8.95. The third-order valence-electron chi connectivity index (χ3n) is 4.38. The molecular formula is C18H28N2O5S. The van der Waals surface area contributed by atoms with Gasteiger partial charge >= 0.3 is 0 Å². The van der Waals surface area contributed by atoms with Crippen molar-refractivity contribution in [3.63, 3.8) is 0 Å². The van der Waals surface area contributed by atoms with Gasteiger partial charge in [-0.05, 0) is 31.4 Å². The maximum atomic E-state index is 12.8. The van der Waals surface area contributed by atoms with Crippen LogP contribution < -0.4 is 14.8 Å². The Labute approximate surface area is 155 Å². The molecule has 8 heteroatoms. The normalized spacial score (nSPS) is 18.3. The molecule has 0 radical (unpaired) electrons. The number of nitrogens with zero attached hydrogens (tertiary/aromatic N) is 1. The molecule has 0 aromatic heterocycles. The van der Waals surface area contributed by atoms with Crippen LogP contribution in [0.4, 0.5) is 5.69 Å². The minimum atomic E-state index is -3.44. The van der Waals surface area contributed by atoms with Crippen LogP contribution in [0.15, 0.2) is 18.2 Å². The lowest BCUT2D eigenvalue weighted by molar-refractivity contribution is -0.120. The number of rotatable bonds is 8. The second-order valence-corrected chi connectivity index (χ2v) is 8.37. The largest absolute Gasteiger partial charge is 0.497 e. The zero-order chi connectivity index (χ0) is 19.2. The second kappa shape index (κ2) is 9.23. The topological polar surface area (TPSA) is 84.9 Å². The zero-order valence-electron chi connectivity index (χ0n) is 15.7. The van der Waals surface area contributed by atoms with Crippen LogP contribution in [0.25, 0.3) is 0 Å². The summed E-state index contributed by atoms with van der Waals surface area (Å²) in [6, 6.07) is 4.50. The molecule has 1 atom stereocenters. The van der Waals surface area contributed by atoms with Crippen LogP contribution in [-0.4, -0.2) is 51.2 Å². The maximum absolute atomic E-state index is 12.8. The number of unbranched alkanes of at least 4 members (excludes halogenated alkanes) is 1. The molecule has 1 N–H and O–H groups in total. The molecule has 146 valence electrons. The molecule has 1 aliphatic heterocycles. The monoisotopic (exact) mass is 384 g/mol. The molecule has 2 rings (SSSR count). The average Bonchev–Trinajstić information content (AvgIpc) is 2.62. The molecule has 1 aromatic carbocycles. The summed E-state index contributed by atoms with van der Waals surface area (Å²) in [6.45, 7) is 2.99. The molecule has 1 heterocycles. The molecule has 7 nitrogen and oxygen atoms in total. The minimum absolute atomic E-state index is 0.344. The van der Waals surface area contributed by atoms with Gasteiger partial charge in [-0.2, -0.15) is 4.31 Å². The molecule has 26 heavy (non-hydrogen) atoms. The van der Waals surface area contributed by atoms with E-state index in [1.807, 2.05) is 0 Å². The molecule has 1 aliphatic rings. The van der Waals surface area contributed by atoms with Crippen molar-refractivity contribution in [3.8, 4) is 11.5 Å². The molecule has 1 aromatic rings. The van der Waals surface area contributed by atoms with Crippen molar-refractivity contribution in [2.24, 2.45) is 0 Å². The number of nitrogens with one attached hydrogen (secondary N) is 1. The standard InChI is InChI=1S/C18H28N2O5S/c1-4-5-12-25-17-10-9-14(24-2)13-15(17)19-18(21)16-8-6-7-11-20(16)26(3,22)23/h9-10,13,16H,4-8,11-12H2,1-3H3,(H,19,21)/t16-/m0/s1. The fourth-order valence-corrected chi connectivity index (χ4v) is 4.09. The van der Waals surface area contributed by atoms with E-state index in [9.17, 15) is 13.2 Å². The summed E-state index contributed by atoms with van der Waals surface area (Å²) in [6.07, 6.45) is 5.15. The third kappa shape index (κ3) is 5.35. The van der Waals surface area contributed by atoms with E-state index in [1.165, 1.54) is 4.31 Å². The Hall–Kier alpha value is -1.80. The van der Waals surface area contributed by atoms with Gasteiger partial charge in [-0.25, -0.2) is 8.42 Å². The van der Waals surface area contributed by atoms with Crippen molar-refractivity contribution in [3.05, 3.63) is 18.2 Å². The lowest BCUT2D eigenvalue weighted by atomic mass is 10.0. The van der Waals surface area contributed by atoms with Gasteiger partial charge in [0.05, 0.1) is 25.7 Å². The number of amides is 1. The van der Waals surface area contributed by atoms with Crippen molar-refractivity contribution in [2.75, 3.05) is 31.8 Å². The SMILES string of the molecule is CCCCOc1ccc(OC)cc1NC(=O)[C@@H]1CCCCN1S(C)(=O)=O. The van der Waals surface area contributed by atoms with E-state index in [-0.39, 0.29) is 5.91 Å². The summed E-state index contributed by atoms with van der Waals surface area (Å²) in [7, 11) is -1.89. The first-order valence-corrected chi connectivity index (χ1v) is 10.8. The van der Waals surface area contributed by atoms with Gasteiger partial charge in [0.1, 0.15) is 17.5 Å². The summed E-state index contributed by atoms with van der Waals surface area (Å²) in [5.74, 6) is 0.796. The fourth-order valence-electron chi connectivity index (χ4n) is 2.97. The van der Waals surface area contributed by atoms with Crippen LogP contribution in [0, 0.1) is 0 Å². The minimum Gasteiger partial charge on any atom is -0.497 e. The Morgan fingerprint density at radius 3 is 2.77 bits per heavy atom. The number of benzene rings is 1. The van der Waals surface area contributed by atoms with Gasteiger partial charge in [-0.3, -0.25) is 4.79 Å². The molecule has 1 saturated heterocycles. The molecule has 1 fully saturated rings. The van der Waals surface area contributed by atoms with Crippen molar-refractivity contribution < 1.29 is 22.7 Å². The van der Waals surface area contributed by atoms with Crippen LogP contribution in [0.5, 0.6) is 11.5 Å². The van der Waals surface area contributed by atoms with Crippen LogP contribution in [0.2, 0.25) is 0 Å². The van der Waals surface area contributed by atoms with Crippen LogP contribution in [0.1, 0.15) is 39.0 Å². The quantitative estimate of drug-likeness (QED) is 0.697. The van der Waals surface area contributed by atoms with Gasteiger partial charge in [-0.15, -0.1) is 0 Å². The van der Waals surface area contributed by atoms with Crippen molar-refractivity contribution in [1.82, 2.24) is 4.31 Å². The number of carbonyl (C=O) groups excluding carboxylic acids is 1. The van der Waals surface area contributed by atoms with Crippen LogP contribution in [0.3, 0.4) is 0 Å². The maximum Gasteiger partial charge on any atom is 0.242 e. The molecular weight excluding hydrogens is 356 g/mol. The zero-order valence-corrected chi connectivity index (χ0v) is 16.5. The number of piperidine rings is 1. The van der Waals surface area contributed by atoms with Gasteiger partial charge in [0.25, 0.3) is 0 Å². The average molecular weight is 384 g/mol. The number of hydrogen-bond donors (Lipinski definition) is 1. The number of sulfonamides is 1. The van der Waals surface area contributed by atoms with E-state index in [0.29, 0.717) is 36.8 Å². The highest BCUT2D eigenvalue weighted by atomic mass is 32.2. The highest BCUT2D eigenvalue weighted by Crippen LogP contribution is 2.30. The Kier molecular flexibility index (Phi) is 7.28. The van der Waals surface area contributed by atoms with Crippen molar-refractivity contribution in [2.45, 2.75) is 45.1 Å². The van der Waals surface area contributed by atoms with Gasteiger partial charge in [0.15, 0.2) is 0 Å². The van der Waals surface area contributed by atoms with Gasteiger partial charge in [-0.1, -0.05) is 19.8 Å². The van der Waals surface area contributed by atoms with E-state index in [4.69, 9.17) is 9.47 Å². The van der Waals surface area contributed by atoms with E-state index in [2.05, 4.69) is 12.2 Å². The number of anilines is 1. The number of methoxy groups -OCH3 is 1. The fraction of sp³-hybridized carbons (Fsp3) is 0.611. The Morgan fingerprint density at radius 1 is 1.35 bits per heavy atom. The Bertz CT molecular complexity index is 720. The van der Waals surface area contributed by atoms with Crippen LogP contribution in [-0.2, 0) is 14.8 Å². The Morgan fingerprint density at radius 2 is 2.12 bits per heavy atom. The van der Waals surface area contributed by atoms with Gasteiger partial charge in [0.2, 0.25) is 15.9 Å². The summed E-state index contributed by atoms with van der Waals surface area (Å²) in [5.41, 5.74) is 0.490. The summed E-state index contributed by atoms with van der Waals surface area (Å²) in [5, 5.41) is 2.83. The summed E-state index contributed by atoms with van der Waals surface area (Å²) in [4.78, 5) is 12.8. The molecule has 0 bridgehead atoms. The molecule has 0 saturated carbocycles. The van der Waals surface area contributed by atoms with E-state index < -0.39 is 16.1 Å². The van der Waals surface area contributed by atoms with E-state index in [0.717, 1.165) is 31.9 Å². The van der Waals surface area contributed by atoms with Gasteiger partial charge in [0, 0.05) is 12.6 Å². The molecule has 0 unspecified atom stereocenters. The molecule has 1 amide bonds. The predicted molar refractivity (Wildman–Crippen MR) is 101 cm³/mol. The summed E-state index contributed by atoms with van der Waals surface area (Å²) >= 11 is 0. The van der Waals surface area contributed by atoms with E-state index >= 15 is 0 Å². The smallest absolute Gasteiger partial charge is 0.242 e. The van der Waals surface area contributed by atoms with E-state index in [1.54, 1.807) is 25.3 Å². The lowest BCUT2D eigenvalue weighted by Gasteiger charge is -2.32. The van der Waals surface area contributed by atoms with Crippen molar-refractivity contribution >= 4 is 21.6 Å². The van der Waals surface area contributed by atoms with Gasteiger partial charge < -0.3 is 14.8 Å². The first kappa shape index (κ1) is 20.5. The first-order chi connectivity index (χ1) is 12.4. The second-order valence-electron chi connectivity index (χ2n) is 6.44. The highest BCUT2D eigenvalue weighted by molar-refractivity contribution is 7.88. The Balaban J connectivity index is 2.20. The number of hydrogen-bond acceptors (Lipinski definition) is 5. The predicted octanol–water partition coefficient (Wildman–Crippen LogP) is 2.63. The lowest BCUT2D eigenvalue weighted by Crippen LogP contribution is -2.49.